The summed E-state index contributed by atoms with van der Waals surface area (Å²) in [5.74, 6) is 1.77. The van der Waals surface area contributed by atoms with Crippen LogP contribution >= 0.6 is 24.0 Å². The van der Waals surface area contributed by atoms with E-state index in [0.717, 1.165) is 63.6 Å². The normalized spacial score (nSPS) is 18.9. The van der Waals surface area contributed by atoms with Crippen molar-refractivity contribution in [2.75, 3.05) is 53.4 Å². The van der Waals surface area contributed by atoms with Gasteiger partial charge in [-0.15, -0.1) is 24.0 Å². The van der Waals surface area contributed by atoms with E-state index in [-0.39, 0.29) is 35.9 Å². The second-order valence-electron chi connectivity index (χ2n) is 7.34. The van der Waals surface area contributed by atoms with E-state index in [1.54, 1.807) is 20.4 Å². The number of methoxy groups -OCH3 is 1. The number of rotatable bonds is 5. The van der Waals surface area contributed by atoms with Gasteiger partial charge in [0.15, 0.2) is 5.96 Å². The number of piperazine rings is 1. The van der Waals surface area contributed by atoms with Crippen LogP contribution < -0.4 is 10.1 Å². The fourth-order valence-electron chi connectivity index (χ4n) is 3.86. The molecular weight excluding hydrogens is 483 g/mol. The van der Waals surface area contributed by atoms with Crippen molar-refractivity contribution in [3.63, 3.8) is 0 Å². The lowest BCUT2D eigenvalue weighted by molar-refractivity contribution is -0.135. The van der Waals surface area contributed by atoms with Crippen molar-refractivity contribution in [2.24, 2.45) is 4.99 Å². The number of amides is 1. The molecule has 2 saturated heterocycles. The summed E-state index contributed by atoms with van der Waals surface area (Å²) in [6.07, 6.45) is 4.02. The Balaban J connectivity index is 0.00000300. The zero-order chi connectivity index (χ0) is 19.9. The number of pyridine rings is 1. The zero-order valence-electron chi connectivity index (χ0n) is 17.6. The molecule has 2 aliphatic heterocycles. The molecule has 2 fully saturated rings. The molecule has 3 heterocycles. The molecule has 1 aromatic heterocycles. The van der Waals surface area contributed by atoms with Crippen molar-refractivity contribution in [3.8, 4) is 5.88 Å². The maximum Gasteiger partial charge on any atom is 0.239 e. The van der Waals surface area contributed by atoms with Crippen LogP contribution in [0.2, 0.25) is 0 Å². The second-order valence-corrected chi connectivity index (χ2v) is 7.34. The van der Waals surface area contributed by atoms with Gasteiger partial charge in [0.25, 0.3) is 0 Å². The number of carbonyl (C=O) groups excluding carboxylic acids is 1. The average molecular weight is 516 g/mol. The predicted octanol–water partition coefficient (Wildman–Crippen LogP) is 1.41. The van der Waals surface area contributed by atoms with E-state index in [1.807, 2.05) is 24.0 Å². The Hall–Kier alpha value is -1.62. The molecule has 1 unspecified atom stereocenters. The van der Waals surface area contributed by atoms with E-state index in [0.29, 0.717) is 12.4 Å². The lowest BCUT2D eigenvalue weighted by Crippen LogP contribution is -2.57. The number of likely N-dealkylation sites (tertiary alicyclic amines) is 1. The van der Waals surface area contributed by atoms with E-state index in [1.165, 1.54) is 0 Å². The van der Waals surface area contributed by atoms with Crippen molar-refractivity contribution >= 4 is 35.8 Å². The van der Waals surface area contributed by atoms with E-state index in [4.69, 9.17) is 4.74 Å². The monoisotopic (exact) mass is 516 g/mol. The number of guanidine groups is 1. The minimum Gasteiger partial charge on any atom is -0.481 e. The molecule has 162 valence electrons. The van der Waals surface area contributed by atoms with Crippen LogP contribution in [0.1, 0.15) is 25.3 Å². The summed E-state index contributed by atoms with van der Waals surface area (Å²) < 4.78 is 5.18. The molecule has 29 heavy (non-hydrogen) atoms. The molecule has 0 spiro atoms. The van der Waals surface area contributed by atoms with Crippen LogP contribution in [0, 0.1) is 0 Å². The fourth-order valence-corrected chi connectivity index (χ4v) is 3.86. The molecule has 0 saturated carbocycles. The first-order valence-corrected chi connectivity index (χ1v) is 10.1. The first-order chi connectivity index (χ1) is 13.6. The molecule has 0 aromatic carbocycles. The van der Waals surface area contributed by atoms with Gasteiger partial charge in [-0.1, -0.05) is 0 Å². The third kappa shape index (κ3) is 6.18. The van der Waals surface area contributed by atoms with Gasteiger partial charge in [-0.25, -0.2) is 4.98 Å². The first kappa shape index (κ1) is 23.7. The lowest BCUT2D eigenvalue weighted by Gasteiger charge is -2.39. The van der Waals surface area contributed by atoms with Gasteiger partial charge in [0.2, 0.25) is 11.8 Å². The predicted molar refractivity (Wildman–Crippen MR) is 125 cm³/mol. The van der Waals surface area contributed by atoms with Gasteiger partial charge in [0.1, 0.15) is 0 Å². The van der Waals surface area contributed by atoms with Gasteiger partial charge in [-0.05, 0) is 31.4 Å². The molecule has 0 bridgehead atoms. The lowest BCUT2D eigenvalue weighted by atomic mass is 10.2. The van der Waals surface area contributed by atoms with Crippen LogP contribution in [0.3, 0.4) is 0 Å². The number of ether oxygens (including phenoxy) is 1. The summed E-state index contributed by atoms with van der Waals surface area (Å²) in [7, 11) is 3.43. The molecule has 0 radical (unpaired) electrons. The topological polar surface area (TPSA) is 73.3 Å². The Labute approximate surface area is 190 Å². The number of nitrogens with zero attached hydrogens (tertiary/aromatic N) is 5. The van der Waals surface area contributed by atoms with Gasteiger partial charge in [0.05, 0.1) is 13.2 Å². The minimum atomic E-state index is -0.0421. The number of carbonyl (C=O) groups is 1. The summed E-state index contributed by atoms with van der Waals surface area (Å²) >= 11 is 0. The molecule has 0 aliphatic carbocycles. The summed E-state index contributed by atoms with van der Waals surface area (Å²) in [5, 5.41) is 3.42. The van der Waals surface area contributed by atoms with Crippen LogP contribution in [0.5, 0.6) is 5.88 Å². The van der Waals surface area contributed by atoms with Crippen LogP contribution in [-0.4, -0.2) is 91.0 Å². The summed E-state index contributed by atoms with van der Waals surface area (Å²) in [6.45, 7) is 7.98. The highest BCUT2D eigenvalue weighted by Gasteiger charge is 2.30. The van der Waals surface area contributed by atoms with Crippen molar-refractivity contribution in [2.45, 2.75) is 32.4 Å². The largest absolute Gasteiger partial charge is 0.481 e. The average Bonchev–Trinajstić information content (AvgIpc) is 3.28. The van der Waals surface area contributed by atoms with Gasteiger partial charge >= 0.3 is 0 Å². The fraction of sp³-hybridized carbons (Fsp3) is 0.650. The quantitative estimate of drug-likeness (QED) is 0.363. The van der Waals surface area contributed by atoms with Crippen molar-refractivity contribution in [1.29, 1.82) is 0 Å². The number of hydrogen-bond donors (Lipinski definition) is 1. The number of halogens is 1. The number of aromatic nitrogens is 1. The van der Waals surface area contributed by atoms with Crippen LogP contribution in [-0.2, 0) is 11.3 Å². The number of aliphatic imine (C=N–C) groups is 1. The van der Waals surface area contributed by atoms with E-state index in [2.05, 4.69) is 25.1 Å². The van der Waals surface area contributed by atoms with Gasteiger partial charge in [-0.2, -0.15) is 0 Å². The van der Waals surface area contributed by atoms with Crippen molar-refractivity contribution in [1.82, 2.24) is 25.0 Å². The van der Waals surface area contributed by atoms with Crippen LogP contribution in [0.4, 0.5) is 0 Å². The van der Waals surface area contributed by atoms with Gasteiger partial charge < -0.3 is 19.9 Å². The second kappa shape index (κ2) is 11.5. The van der Waals surface area contributed by atoms with E-state index < -0.39 is 0 Å². The Morgan fingerprint density at radius 3 is 2.52 bits per heavy atom. The van der Waals surface area contributed by atoms with E-state index in [9.17, 15) is 4.79 Å². The third-order valence-electron chi connectivity index (χ3n) is 5.61. The smallest absolute Gasteiger partial charge is 0.239 e. The molecule has 1 atom stereocenters. The summed E-state index contributed by atoms with van der Waals surface area (Å²) in [4.78, 5) is 27.8. The molecule has 1 amide bonds. The van der Waals surface area contributed by atoms with Crippen LogP contribution in [0.15, 0.2) is 23.3 Å². The molecule has 2 aliphatic rings. The maximum absolute atomic E-state index is 12.6. The third-order valence-corrected chi connectivity index (χ3v) is 5.61. The Bertz CT molecular complexity index is 687. The molecule has 8 nitrogen and oxygen atoms in total. The summed E-state index contributed by atoms with van der Waals surface area (Å²) in [6, 6.07) is 3.84. The number of hydrogen-bond acceptors (Lipinski definition) is 5. The SMILES string of the molecule is CN=C(NCc1ccnc(OC)c1)N1CCN(C(C)C(=O)N2CCCC2)CC1.I. The van der Waals surface area contributed by atoms with Crippen molar-refractivity contribution < 1.29 is 9.53 Å². The zero-order valence-corrected chi connectivity index (χ0v) is 20.0. The van der Waals surface area contributed by atoms with Crippen molar-refractivity contribution in [3.05, 3.63) is 23.9 Å². The Morgan fingerprint density at radius 1 is 1.21 bits per heavy atom. The van der Waals surface area contributed by atoms with Gasteiger partial charge in [0, 0.05) is 65.1 Å². The first-order valence-electron chi connectivity index (χ1n) is 10.1. The standard InChI is InChI=1S/C20H32N6O2.HI/c1-16(19(27)25-8-4-5-9-25)24-10-12-26(13-11-24)20(21-2)23-15-17-6-7-22-18(14-17)28-3;/h6-7,14,16H,4-5,8-13,15H2,1-3H3,(H,21,23);1H. The molecule has 9 heteroatoms. The summed E-state index contributed by atoms with van der Waals surface area (Å²) in [5.41, 5.74) is 1.09. The highest BCUT2D eigenvalue weighted by molar-refractivity contribution is 14.0. The highest BCUT2D eigenvalue weighted by Crippen LogP contribution is 2.14. The van der Waals surface area contributed by atoms with Crippen LogP contribution in [0.25, 0.3) is 0 Å². The minimum absolute atomic E-state index is 0. The molecule has 1 N–H and O–H groups in total. The number of nitrogens with one attached hydrogen (secondary N) is 1. The Morgan fingerprint density at radius 2 is 1.90 bits per heavy atom. The highest BCUT2D eigenvalue weighted by atomic mass is 127. The van der Waals surface area contributed by atoms with Gasteiger partial charge in [-0.3, -0.25) is 14.7 Å². The Kier molecular flexibility index (Phi) is 9.41. The maximum atomic E-state index is 12.6. The van der Waals surface area contributed by atoms with E-state index >= 15 is 0 Å². The molecular formula is C20H33IN6O2. The molecule has 1 aromatic rings. The molecule has 3 rings (SSSR count).